The second-order valence-corrected chi connectivity index (χ2v) is 14.9. The number of benzene rings is 8. The standard InChI is InChI=1S/C42H29PS/c1-3-15-34(16-4-1)43(35-17-5-2-6-18-35)44-36-27-25-31(26-28-36)41-37-19-9-11-21-39(37)42(40-22-12-10-20-38(40)41)33-24-23-30-13-7-8-14-32(30)29-33/h1-29H. The van der Waals surface area contributed by atoms with E-state index in [1.165, 1.54) is 70.1 Å². The lowest BCUT2D eigenvalue weighted by atomic mass is 9.85. The van der Waals surface area contributed by atoms with Gasteiger partial charge in [0.15, 0.2) is 0 Å². The van der Waals surface area contributed by atoms with Crippen LogP contribution in [-0.2, 0) is 0 Å². The smallest absolute Gasteiger partial charge is 0.0207 e. The van der Waals surface area contributed by atoms with E-state index in [1.807, 2.05) is 11.4 Å². The first-order chi connectivity index (χ1) is 21.8. The molecule has 8 aromatic rings. The van der Waals surface area contributed by atoms with E-state index < -0.39 is 7.12 Å². The molecule has 0 unspecified atom stereocenters. The van der Waals surface area contributed by atoms with E-state index in [9.17, 15) is 0 Å². The summed E-state index contributed by atoms with van der Waals surface area (Å²) in [4.78, 5) is 1.29. The maximum Gasteiger partial charge on any atom is 0.0207 e. The van der Waals surface area contributed by atoms with Crippen molar-refractivity contribution >= 4 is 61.4 Å². The van der Waals surface area contributed by atoms with Gasteiger partial charge in [0, 0.05) is 12.0 Å². The van der Waals surface area contributed by atoms with E-state index in [0.29, 0.717) is 0 Å². The zero-order valence-electron chi connectivity index (χ0n) is 24.1. The highest BCUT2D eigenvalue weighted by Crippen LogP contribution is 2.52. The van der Waals surface area contributed by atoms with E-state index in [2.05, 4.69) is 176 Å². The SMILES string of the molecule is c1ccc(P(Sc2ccc(-c3c4ccccc4c(-c4ccc5ccccc5c4)c4ccccc34)cc2)c2ccccc2)cc1. The van der Waals surface area contributed by atoms with Gasteiger partial charge in [-0.15, -0.1) is 0 Å². The summed E-state index contributed by atoms with van der Waals surface area (Å²) in [7, 11) is -0.574. The van der Waals surface area contributed by atoms with Crippen molar-refractivity contribution in [3.05, 3.63) is 176 Å². The summed E-state index contributed by atoms with van der Waals surface area (Å²) >= 11 is 1.97. The van der Waals surface area contributed by atoms with Crippen LogP contribution in [0.1, 0.15) is 0 Å². The summed E-state index contributed by atoms with van der Waals surface area (Å²) < 4.78 is 0. The maximum atomic E-state index is 2.34. The monoisotopic (exact) mass is 596 g/mol. The Labute approximate surface area is 263 Å². The van der Waals surface area contributed by atoms with Crippen LogP contribution in [-0.4, -0.2) is 0 Å². The van der Waals surface area contributed by atoms with Crippen molar-refractivity contribution in [3.8, 4) is 22.3 Å². The van der Waals surface area contributed by atoms with Crippen LogP contribution in [0.4, 0.5) is 0 Å². The fraction of sp³-hybridized carbons (Fsp3) is 0. The largest absolute Gasteiger partial charge is 0.0888 e. The van der Waals surface area contributed by atoms with Crippen LogP contribution in [0.25, 0.3) is 54.6 Å². The van der Waals surface area contributed by atoms with Crippen LogP contribution in [0, 0.1) is 0 Å². The van der Waals surface area contributed by atoms with Gasteiger partial charge in [0.1, 0.15) is 0 Å². The second kappa shape index (κ2) is 11.8. The van der Waals surface area contributed by atoms with E-state index in [4.69, 9.17) is 0 Å². The molecule has 0 bridgehead atoms. The number of rotatable bonds is 6. The van der Waals surface area contributed by atoms with E-state index in [-0.39, 0.29) is 0 Å². The lowest BCUT2D eigenvalue weighted by Gasteiger charge is -2.19. The minimum Gasteiger partial charge on any atom is -0.0888 e. The summed E-state index contributed by atoms with van der Waals surface area (Å²) in [6, 6.07) is 64.4. The second-order valence-electron chi connectivity index (χ2n) is 11.0. The van der Waals surface area contributed by atoms with Crippen LogP contribution in [0.15, 0.2) is 181 Å². The third kappa shape index (κ3) is 4.99. The third-order valence-corrected chi connectivity index (χ3v) is 12.9. The Bertz CT molecular complexity index is 2140. The predicted octanol–water partition coefficient (Wildman–Crippen LogP) is 11.6. The van der Waals surface area contributed by atoms with Crippen LogP contribution < -0.4 is 10.6 Å². The van der Waals surface area contributed by atoms with Crippen molar-refractivity contribution in [2.24, 2.45) is 0 Å². The van der Waals surface area contributed by atoms with E-state index in [1.54, 1.807) is 0 Å². The van der Waals surface area contributed by atoms with Gasteiger partial charge in [-0.3, -0.25) is 0 Å². The highest BCUT2D eigenvalue weighted by molar-refractivity contribution is 8.60. The number of hydrogen-bond acceptors (Lipinski definition) is 1. The van der Waals surface area contributed by atoms with Gasteiger partial charge in [-0.2, -0.15) is 0 Å². The molecule has 0 spiro atoms. The number of hydrogen-bond donors (Lipinski definition) is 0. The zero-order valence-corrected chi connectivity index (χ0v) is 25.8. The van der Waals surface area contributed by atoms with Gasteiger partial charge in [-0.05, 0) is 83.4 Å². The molecule has 0 nitrogen and oxygen atoms in total. The Balaban J connectivity index is 1.25. The average molecular weight is 597 g/mol. The molecule has 0 fully saturated rings. The minimum absolute atomic E-state index is 0.574. The molecule has 0 aliphatic carbocycles. The average Bonchev–Trinajstić information content (AvgIpc) is 3.10. The summed E-state index contributed by atoms with van der Waals surface area (Å²) in [6.45, 7) is 0. The van der Waals surface area contributed by atoms with Gasteiger partial charge < -0.3 is 0 Å². The lowest BCUT2D eigenvalue weighted by molar-refractivity contribution is 1.48. The quantitative estimate of drug-likeness (QED) is 0.136. The van der Waals surface area contributed by atoms with Gasteiger partial charge in [0.25, 0.3) is 0 Å². The molecule has 0 aromatic heterocycles. The van der Waals surface area contributed by atoms with Gasteiger partial charge >= 0.3 is 0 Å². The molecule has 44 heavy (non-hydrogen) atoms. The van der Waals surface area contributed by atoms with Crippen molar-refractivity contribution in [2.45, 2.75) is 4.90 Å². The first-order valence-electron chi connectivity index (χ1n) is 14.9. The van der Waals surface area contributed by atoms with Gasteiger partial charge in [-0.1, -0.05) is 169 Å². The molecule has 0 saturated carbocycles. The fourth-order valence-corrected chi connectivity index (χ4v) is 10.5. The Hall–Kier alpha value is -4.68. The molecular formula is C42H29PS. The Kier molecular flexibility index (Phi) is 7.20. The van der Waals surface area contributed by atoms with Crippen molar-refractivity contribution < 1.29 is 0 Å². The Morgan fingerprint density at radius 1 is 0.341 bits per heavy atom. The van der Waals surface area contributed by atoms with Crippen molar-refractivity contribution in [1.82, 2.24) is 0 Å². The molecule has 8 rings (SSSR count). The predicted molar refractivity (Wildman–Crippen MR) is 195 cm³/mol. The molecule has 0 N–H and O–H groups in total. The molecule has 2 heteroatoms. The molecule has 0 saturated heterocycles. The summed E-state index contributed by atoms with van der Waals surface area (Å²) in [5.41, 5.74) is 5.10. The first kappa shape index (κ1) is 26.9. The number of fused-ring (bicyclic) bond motifs is 3. The van der Waals surface area contributed by atoms with Crippen LogP contribution in [0.5, 0.6) is 0 Å². The van der Waals surface area contributed by atoms with Gasteiger partial charge in [0.05, 0.1) is 0 Å². The molecule has 0 aliphatic rings. The molecule has 0 atom stereocenters. The van der Waals surface area contributed by atoms with Gasteiger partial charge in [-0.25, -0.2) is 0 Å². The normalized spacial score (nSPS) is 11.5. The Morgan fingerprint density at radius 2 is 0.773 bits per heavy atom. The molecule has 8 aromatic carbocycles. The molecule has 0 radical (unpaired) electrons. The van der Waals surface area contributed by atoms with Crippen LogP contribution in [0.3, 0.4) is 0 Å². The minimum atomic E-state index is -0.574. The van der Waals surface area contributed by atoms with E-state index in [0.717, 1.165) is 0 Å². The first-order valence-corrected chi connectivity index (χ1v) is 17.7. The molecule has 0 aliphatic heterocycles. The van der Waals surface area contributed by atoms with Crippen LogP contribution >= 0.6 is 18.5 Å². The van der Waals surface area contributed by atoms with Gasteiger partial charge in [0.2, 0.25) is 0 Å². The van der Waals surface area contributed by atoms with E-state index >= 15 is 0 Å². The maximum absolute atomic E-state index is 2.34. The highest BCUT2D eigenvalue weighted by Gasteiger charge is 2.18. The lowest BCUT2D eigenvalue weighted by Crippen LogP contribution is -2.08. The molecule has 0 heterocycles. The highest BCUT2D eigenvalue weighted by atomic mass is 32.7. The topological polar surface area (TPSA) is 0 Å². The van der Waals surface area contributed by atoms with Crippen molar-refractivity contribution in [3.63, 3.8) is 0 Å². The summed E-state index contributed by atoms with van der Waals surface area (Å²) in [5.74, 6) is 0. The summed E-state index contributed by atoms with van der Waals surface area (Å²) in [5, 5.41) is 10.4. The zero-order chi connectivity index (χ0) is 29.3. The third-order valence-electron chi connectivity index (χ3n) is 8.29. The molecule has 208 valence electrons. The van der Waals surface area contributed by atoms with Crippen LogP contribution in [0.2, 0.25) is 0 Å². The fourth-order valence-electron chi connectivity index (χ4n) is 6.26. The Morgan fingerprint density at radius 3 is 1.32 bits per heavy atom. The summed E-state index contributed by atoms with van der Waals surface area (Å²) in [6.07, 6.45) is 0. The van der Waals surface area contributed by atoms with Crippen molar-refractivity contribution in [1.29, 1.82) is 0 Å². The molecular weight excluding hydrogens is 568 g/mol. The van der Waals surface area contributed by atoms with Crippen molar-refractivity contribution in [2.75, 3.05) is 0 Å². The molecule has 0 amide bonds.